The second-order valence-corrected chi connectivity index (χ2v) is 7.11. The maximum absolute atomic E-state index is 12.3. The monoisotopic (exact) mass is 408 g/mol. The van der Waals surface area contributed by atoms with Crippen LogP contribution in [0.15, 0.2) is 57.0 Å². The van der Waals surface area contributed by atoms with E-state index in [2.05, 4.69) is 26.2 Å². The Kier molecular flexibility index (Phi) is 6.81. The van der Waals surface area contributed by atoms with Crippen molar-refractivity contribution in [3.63, 3.8) is 0 Å². The summed E-state index contributed by atoms with van der Waals surface area (Å²) in [6, 6.07) is 10.9. The number of ether oxygens (including phenoxy) is 1. The number of hydrogen-bond acceptors (Lipinski definition) is 5. The Labute approximate surface area is 153 Å². The molecule has 0 aliphatic rings. The van der Waals surface area contributed by atoms with Crippen molar-refractivity contribution in [2.24, 2.45) is 0 Å². The summed E-state index contributed by atoms with van der Waals surface area (Å²) >= 11 is 4.73. The molecule has 0 radical (unpaired) electrons. The first-order valence-electron chi connectivity index (χ1n) is 7.32. The minimum absolute atomic E-state index is 0.160. The van der Waals surface area contributed by atoms with Crippen molar-refractivity contribution in [2.45, 2.75) is 29.9 Å². The van der Waals surface area contributed by atoms with E-state index in [0.717, 1.165) is 14.4 Å². The molecule has 2 aromatic rings. The molecule has 0 atom stereocenters. The van der Waals surface area contributed by atoms with E-state index < -0.39 is 5.97 Å². The molecule has 0 aliphatic carbocycles. The predicted octanol–water partition coefficient (Wildman–Crippen LogP) is 3.68. The molecular weight excluding hydrogens is 392 g/mol. The summed E-state index contributed by atoms with van der Waals surface area (Å²) in [5, 5.41) is 3.36. The number of pyridine rings is 1. The summed E-state index contributed by atoms with van der Waals surface area (Å²) in [6.45, 7) is 3.36. The SMILES string of the molecule is CC(C)OC(=O)CNC(=O)c1ccccc1Sc1ccc(Br)cn1. The third-order valence-electron chi connectivity index (χ3n) is 2.81. The van der Waals surface area contributed by atoms with E-state index in [4.69, 9.17) is 4.74 Å². The summed E-state index contributed by atoms with van der Waals surface area (Å²) in [5.74, 6) is -0.783. The molecular formula is C17H17BrN2O3S. The Morgan fingerprint density at radius 1 is 1.25 bits per heavy atom. The average Bonchev–Trinajstić information content (AvgIpc) is 2.54. The molecule has 0 saturated carbocycles. The number of carbonyl (C=O) groups excluding carboxylic acids is 2. The van der Waals surface area contributed by atoms with Gasteiger partial charge in [-0.25, -0.2) is 4.98 Å². The number of esters is 1. The summed E-state index contributed by atoms with van der Waals surface area (Å²) < 4.78 is 5.89. The van der Waals surface area contributed by atoms with Crippen LogP contribution in [-0.2, 0) is 9.53 Å². The van der Waals surface area contributed by atoms with E-state index in [-0.39, 0.29) is 18.6 Å². The molecule has 0 saturated heterocycles. The summed E-state index contributed by atoms with van der Waals surface area (Å²) in [6.07, 6.45) is 1.49. The maximum atomic E-state index is 12.3. The van der Waals surface area contributed by atoms with Crippen molar-refractivity contribution in [3.8, 4) is 0 Å². The number of nitrogens with zero attached hydrogens (tertiary/aromatic N) is 1. The molecule has 24 heavy (non-hydrogen) atoms. The first kappa shape index (κ1) is 18.5. The molecule has 1 amide bonds. The van der Waals surface area contributed by atoms with Crippen molar-refractivity contribution < 1.29 is 14.3 Å². The van der Waals surface area contributed by atoms with Gasteiger partial charge < -0.3 is 10.1 Å². The molecule has 1 heterocycles. The molecule has 2 rings (SSSR count). The Morgan fingerprint density at radius 2 is 2.00 bits per heavy atom. The van der Waals surface area contributed by atoms with Gasteiger partial charge in [-0.3, -0.25) is 9.59 Å². The van der Waals surface area contributed by atoms with Crippen LogP contribution in [0.5, 0.6) is 0 Å². The van der Waals surface area contributed by atoms with Crippen LogP contribution in [0, 0.1) is 0 Å². The molecule has 0 unspecified atom stereocenters. The highest BCUT2D eigenvalue weighted by atomic mass is 79.9. The van der Waals surface area contributed by atoms with E-state index in [1.807, 2.05) is 24.3 Å². The van der Waals surface area contributed by atoms with Crippen LogP contribution in [0.3, 0.4) is 0 Å². The molecule has 1 aromatic carbocycles. The number of hydrogen-bond donors (Lipinski definition) is 1. The summed E-state index contributed by atoms with van der Waals surface area (Å²) in [5.41, 5.74) is 0.490. The van der Waals surface area contributed by atoms with Gasteiger partial charge in [-0.1, -0.05) is 23.9 Å². The van der Waals surface area contributed by atoms with E-state index in [9.17, 15) is 9.59 Å². The third kappa shape index (κ3) is 5.65. The highest BCUT2D eigenvalue weighted by Gasteiger charge is 2.14. The second kappa shape index (κ2) is 8.84. The topological polar surface area (TPSA) is 68.3 Å². The minimum atomic E-state index is -0.460. The van der Waals surface area contributed by atoms with E-state index in [1.54, 1.807) is 32.2 Å². The fraction of sp³-hybridized carbons (Fsp3) is 0.235. The molecule has 1 N–H and O–H groups in total. The fourth-order valence-electron chi connectivity index (χ4n) is 1.83. The number of rotatable bonds is 6. The number of aromatic nitrogens is 1. The van der Waals surface area contributed by atoms with Crippen molar-refractivity contribution in [1.82, 2.24) is 10.3 Å². The van der Waals surface area contributed by atoms with Gasteiger partial charge in [0.05, 0.1) is 11.7 Å². The molecule has 1 aromatic heterocycles. The van der Waals surface area contributed by atoms with Crippen molar-refractivity contribution in [1.29, 1.82) is 0 Å². The Morgan fingerprint density at radius 3 is 2.67 bits per heavy atom. The first-order valence-corrected chi connectivity index (χ1v) is 8.93. The Balaban J connectivity index is 2.06. The maximum Gasteiger partial charge on any atom is 0.325 e. The Hall–Kier alpha value is -1.86. The van der Waals surface area contributed by atoms with Gasteiger partial charge in [0.15, 0.2) is 0 Å². The minimum Gasteiger partial charge on any atom is -0.462 e. The molecule has 5 nitrogen and oxygen atoms in total. The zero-order valence-corrected chi connectivity index (χ0v) is 15.7. The van der Waals surface area contributed by atoms with Crippen LogP contribution in [0.4, 0.5) is 0 Å². The normalized spacial score (nSPS) is 10.5. The highest BCUT2D eigenvalue weighted by molar-refractivity contribution is 9.10. The molecule has 0 bridgehead atoms. The molecule has 0 fully saturated rings. The van der Waals surface area contributed by atoms with Gasteiger partial charge in [-0.05, 0) is 54.0 Å². The predicted molar refractivity (Wildman–Crippen MR) is 96.1 cm³/mol. The van der Waals surface area contributed by atoms with Crippen LogP contribution in [0.25, 0.3) is 0 Å². The van der Waals surface area contributed by atoms with Gasteiger partial charge in [-0.2, -0.15) is 0 Å². The van der Waals surface area contributed by atoms with Gasteiger partial charge >= 0.3 is 5.97 Å². The second-order valence-electron chi connectivity index (χ2n) is 5.13. The van der Waals surface area contributed by atoms with Crippen molar-refractivity contribution in [2.75, 3.05) is 6.54 Å². The lowest BCUT2D eigenvalue weighted by Crippen LogP contribution is -2.32. The van der Waals surface area contributed by atoms with Crippen molar-refractivity contribution >= 4 is 39.6 Å². The lowest BCUT2D eigenvalue weighted by molar-refractivity contribution is -0.146. The molecule has 0 spiro atoms. The van der Waals surface area contributed by atoms with Crippen LogP contribution >= 0.6 is 27.7 Å². The van der Waals surface area contributed by atoms with Gasteiger partial charge in [0, 0.05) is 15.6 Å². The lowest BCUT2D eigenvalue weighted by atomic mass is 10.2. The van der Waals surface area contributed by atoms with Crippen LogP contribution < -0.4 is 5.32 Å². The summed E-state index contributed by atoms with van der Waals surface area (Å²) in [4.78, 5) is 28.9. The highest BCUT2D eigenvalue weighted by Crippen LogP contribution is 2.29. The van der Waals surface area contributed by atoms with Gasteiger partial charge in [-0.15, -0.1) is 0 Å². The van der Waals surface area contributed by atoms with Crippen molar-refractivity contribution in [3.05, 3.63) is 52.6 Å². The smallest absolute Gasteiger partial charge is 0.325 e. The summed E-state index contributed by atoms with van der Waals surface area (Å²) in [7, 11) is 0. The molecule has 7 heteroatoms. The molecule has 0 aliphatic heterocycles. The number of carbonyl (C=O) groups is 2. The number of halogens is 1. The van der Waals surface area contributed by atoms with Crippen LogP contribution in [-0.4, -0.2) is 29.5 Å². The van der Waals surface area contributed by atoms with Crippen LogP contribution in [0.1, 0.15) is 24.2 Å². The van der Waals surface area contributed by atoms with Gasteiger partial charge in [0.25, 0.3) is 5.91 Å². The largest absolute Gasteiger partial charge is 0.462 e. The van der Waals surface area contributed by atoms with E-state index >= 15 is 0 Å². The zero-order chi connectivity index (χ0) is 17.5. The van der Waals surface area contributed by atoms with Gasteiger partial charge in [0.2, 0.25) is 0 Å². The van der Waals surface area contributed by atoms with Crippen LogP contribution in [0.2, 0.25) is 0 Å². The quantitative estimate of drug-likeness (QED) is 0.738. The fourth-order valence-corrected chi connectivity index (χ4v) is 2.95. The van der Waals surface area contributed by atoms with Gasteiger partial charge in [0.1, 0.15) is 11.6 Å². The number of amides is 1. The number of nitrogens with one attached hydrogen (secondary N) is 1. The first-order chi connectivity index (χ1) is 11.5. The third-order valence-corrected chi connectivity index (χ3v) is 4.30. The number of benzene rings is 1. The zero-order valence-electron chi connectivity index (χ0n) is 13.3. The molecule has 126 valence electrons. The van der Waals surface area contributed by atoms with E-state index in [1.165, 1.54) is 11.8 Å². The van der Waals surface area contributed by atoms with E-state index in [0.29, 0.717) is 5.56 Å². The lowest BCUT2D eigenvalue weighted by Gasteiger charge is -2.11. The average molecular weight is 409 g/mol. The Bertz CT molecular complexity index is 720. The standard InChI is InChI=1S/C17H17BrN2O3S/c1-11(2)23-16(21)10-20-17(22)13-5-3-4-6-14(13)24-15-8-7-12(18)9-19-15/h3-9,11H,10H2,1-2H3,(H,20,22).